The molecule has 0 bridgehead atoms. The fourth-order valence-electron chi connectivity index (χ4n) is 3.24. The minimum atomic E-state index is 0.864. The lowest BCUT2D eigenvalue weighted by molar-refractivity contribution is 0.172. The topological polar surface area (TPSA) is 24.9 Å². The Balaban J connectivity index is 1.94. The van der Waals surface area contributed by atoms with Gasteiger partial charge in [-0.15, -0.1) is 11.3 Å². The highest BCUT2D eigenvalue weighted by molar-refractivity contribution is 7.09. The first-order chi connectivity index (χ1) is 8.83. The molecule has 0 aliphatic heterocycles. The van der Waals surface area contributed by atoms with Gasteiger partial charge in [0.25, 0.3) is 0 Å². The molecule has 1 aliphatic carbocycles. The third-order valence-corrected chi connectivity index (χ3v) is 5.23. The summed E-state index contributed by atoms with van der Waals surface area (Å²) in [6, 6.07) is 0. The van der Waals surface area contributed by atoms with Crippen molar-refractivity contribution in [1.29, 1.82) is 0 Å². The van der Waals surface area contributed by atoms with Crippen LogP contribution in [0.1, 0.15) is 44.4 Å². The third kappa shape index (κ3) is 3.79. The van der Waals surface area contributed by atoms with Crippen LogP contribution < -0.4 is 5.32 Å². The van der Waals surface area contributed by atoms with Gasteiger partial charge in [-0.25, -0.2) is 0 Å². The van der Waals surface area contributed by atoms with Crippen LogP contribution >= 0.6 is 11.3 Å². The summed E-state index contributed by atoms with van der Waals surface area (Å²) in [5, 5.41) is 3.55. The first-order valence-electron chi connectivity index (χ1n) is 7.41. The van der Waals surface area contributed by atoms with Gasteiger partial charge in [0.15, 0.2) is 0 Å². The summed E-state index contributed by atoms with van der Waals surface area (Å²) in [6.07, 6.45) is 8.93. The van der Waals surface area contributed by atoms with Crippen molar-refractivity contribution in [3.63, 3.8) is 0 Å². The molecule has 0 aromatic carbocycles. The van der Waals surface area contributed by atoms with Crippen molar-refractivity contribution in [3.05, 3.63) is 16.6 Å². The second kappa shape index (κ2) is 7.25. The zero-order valence-corrected chi connectivity index (χ0v) is 12.5. The lowest BCUT2D eigenvalue weighted by atomic mass is 9.71. The smallest absolute Gasteiger partial charge is 0.0794 e. The summed E-state index contributed by atoms with van der Waals surface area (Å²) in [5.41, 5.74) is 1.97. The van der Waals surface area contributed by atoms with Crippen molar-refractivity contribution < 1.29 is 0 Å². The number of nitrogens with one attached hydrogen (secondary N) is 1. The first kappa shape index (κ1) is 14.0. The molecule has 1 N–H and O–H groups in total. The molecule has 3 heteroatoms. The first-order valence-corrected chi connectivity index (χ1v) is 8.29. The Morgan fingerprint density at radius 3 is 2.89 bits per heavy atom. The van der Waals surface area contributed by atoms with Gasteiger partial charge in [0.05, 0.1) is 5.51 Å². The maximum atomic E-state index is 4.22. The van der Waals surface area contributed by atoms with Crippen molar-refractivity contribution in [2.24, 2.45) is 17.8 Å². The monoisotopic (exact) mass is 266 g/mol. The van der Waals surface area contributed by atoms with Gasteiger partial charge in [0, 0.05) is 11.1 Å². The molecule has 1 saturated carbocycles. The van der Waals surface area contributed by atoms with E-state index in [0.29, 0.717) is 0 Å². The number of thiazole rings is 1. The van der Waals surface area contributed by atoms with Crippen LogP contribution in [0.2, 0.25) is 0 Å². The summed E-state index contributed by atoms with van der Waals surface area (Å²) >= 11 is 1.82. The van der Waals surface area contributed by atoms with Gasteiger partial charge < -0.3 is 5.32 Å². The third-order valence-electron chi connectivity index (χ3n) is 4.43. The summed E-state index contributed by atoms with van der Waals surface area (Å²) in [6.45, 7) is 6.85. The fraction of sp³-hybridized carbons (Fsp3) is 0.800. The van der Waals surface area contributed by atoms with Crippen LogP contribution in [0.25, 0.3) is 0 Å². The molecule has 0 saturated heterocycles. The Bertz CT molecular complexity index is 323. The van der Waals surface area contributed by atoms with Crippen LogP contribution in [0.5, 0.6) is 0 Å². The molecule has 1 aromatic rings. The Kier molecular flexibility index (Phi) is 5.64. The maximum Gasteiger partial charge on any atom is 0.0794 e. The highest BCUT2D eigenvalue weighted by Crippen LogP contribution is 2.37. The molecule has 1 aromatic heterocycles. The van der Waals surface area contributed by atoms with E-state index in [2.05, 4.69) is 30.3 Å². The summed E-state index contributed by atoms with van der Waals surface area (Å²) in [7, 11) is 0. The number of nitrogens with zero attached hydrogens (tertiary/aromatic N) is 1. The Labute approximate surface area is 115 Å². The van der Waals surface area contributed by atoms with E-state index in [1.807, 2.05) is 16.8 Å². The zero-order valence-electron chi connectivity index (χ0n) is 11.7. The molecular formula is C15H26N2S. The van der Waals surface area contributed by atoms with Gasteiger partial charge in [-0.05, 0) is 50.1 Å². The Hall–Kier alpha value is -0.410. The molecule has 2 rings (SSSR count). The standard InChI is InChI=1S/C15H26N2S/c1-3-12-5-6-13(9-16-4-2)14(7-12)8-15-10-17-11-18-15/h10-14,16H,3-9H2,1-2H3. The van der Waals surface area contributed by atoms with E-state index >= 15 is 0 Å². The van der Waals surface area contributed by atoms with Gasteiger partial charge in [0.1, 0.15) is 0 Å². The van der Waals surface area contributed by atoms with Crippen LogP contribution in [0.15, 0.2) is 11.7 Å². The molecule has 0 spiro atoms. The highest BCUT2D eigenvalue weighted by Gasteiger charge is 2.29. The molecule has 18 heavy (non-hydrogen) atoms. The summed E-state index contributed by atoms with van der Waals surface area (Å²) in [4.78, 5) is 5.69. The van der Waals surface area contributed by atoms with Crippen molar-refractivity contribution in [2.75, 3.05) is 13.1 Å². The molecule has 1 heterocycles. The maximum absolute atomic E-state index is 4.22. The predicted molar refractivity (Wildman–Crippen MR) is 79.0 cm³/mol. The Morgan fingerprint density at radius 1 is 1.33 bits per heavy atom. The van der Waals surface area contributed by atoms with Crippen LogP contribution in [0.4, 0.5) is 0 Å². The second-order valence-corrected chi connectivity index (χ2v) is 6.56. The van der Waals surface area contributed by atoms with Crippen LogP contribution in [-0.4, -0.2) is 18.1 Å². The SMILES string of the molecule is CCNCC1CCC(CC)CC1Cc1cncs1. The molecule has 3 unspecified atom stereocenters. The lowest BCUT2D eigenvalue weighted by Crippen LogP contribution is -2.34. The van der Waals surface area contributed by atoms with E-state index in [1.54, 1.807) is 0 Å². The number of hydrogen-bond acceptors (Lipinski definition) is 3. The normalized spacial score (nSPS) is 28.4. The molecule has 0 radical (unpaired) electrons. The van der Waals surface area contributed by atoms with Gasteiger partial charge in [-0.3, -0.25) is 4.98 Å². The van der Waals surface area contributed by atoms with Crippen LogP contribution in [0.3, 0.4) is 0 Å². The largest absolute Gasteiger partial charge is 0.317 e. The predicted octanol–water partition coefficient (Wildman–Crippen LogP) is 3.74. The lowest BCUT2D eigenvalue weighted by Gasteiger charge is -2.36. The Morgan fingerprint density at radius 2 is 2.22 bits per heavy atom. The highest BCUT2D eigenvalue weighted by atomic mass is 32.1. The van der Waals surface area contributed by atoms with Gasteiger partial charge in [-0.2, -0.15) is 0 Å². The van der Waals surface area contributed by atoms with Gasteiger partial charge in [0.2, 0.25) is 0 Å². The quantitative estimate of drug-likeness (QED) is 0.848. The molecule has 1 fully saturated rings. The van der Waals surface area contributed by atoms with E-state index < -0.39 is 0 Å². The van der Waals surface area contributed by atoms with E-state index in [1.165, 1.54) is 43.5 Å². The average molecular weight is 266 g/mol. The van der Waals surface area contributed by atoms with Crippen LogP contribution in [-0.2, 0) is 6.42 Å². The number of hydrogen-bond donors (Lipinski definition) is 1. The average Bonchev–Trinajstić information content (AvgIpc) is 2.90. The van der Waals surface area contributed by atoms with Gasteiger partial charge >= 0.3 is 0 Å². The number of rotatable bonds is 6. The van der Waals surface area contributed by atoms with E-state index in [-0.39, 0.29) is 0 Å². The molecular weight excluding hydrogens is 240 g/mol. The minimum Gasteiger partial charge on any atom is -0.317 e. The molecule has 2 nitrogen and oxygen atoms in total. The summed E-state index contributed by atoms with van der Waals surface area (Å²) < 4.78 is 0. The number of aromatic nitrogens is 1. The van der Waals surface area contributed by atoms with E-state index in [9.17, 15) is 0 Å². The zero-order chi connectivity index (χ0) is 12.8. The molecule has 0 amide bonds. The molecule has 3 atom stereocenters. The summed E-state index contributed by atoms with van der Waals surface area (Å²) in [5.74, 6) is 2.69. The van der Waals surface area contributed by atoms with Crippen molar-refractivity contribution in [2.45, 2.75) is 46.0 Å². The minimum absolute atomic E-state index is 0.864. The van der Waals surface area contributed by atoms with Crippen molar-refractivity contribution in [3.8, 4) is 0 Å². The second-order valence-electron chi connectivity index (χ2n) is 5.59. The van der Waals surface area contributed by atoms with Crippen molar-refractivity contribution in [1.82, 2.24) is 10.3 Å². The molecule has 1 aliphatic rings. The van der Waals surface area contributed by atoms with E-state index in [4.69, 9.17) is 0 Å². The molecule has 102 valence electrons. The van der Waals surface area contributed by atoms with Crippen molar-refractivity contribution >= 4 is 11.3 Å². The van der Waals surface area contributed by atoms with E-state index in [0.717, 1.165) is 24.3 Å². The fourth-order valence-corrected chi connectivity index (χ4v) is 3.93. The van der Waals surface area contributed by atoms with Gasteiger partial charge in [-0.1, -0.05) is 26.7 Å². The van der Waals surface area contributed by atoms with Crippen LogP contribution in [0, 0.1) is 17.8 Å².